The van der Waals surface area contributed by atoms with E-state index in [1.807, 2.05) is 25.1 Å². The van der Waals surface area contributed by atoms with Gasteiger partial charge in [-0.3, -0.25) is 0 Å². The summed E-state index contributed by atoms with van der Waals surface area (Å²) in [5.41, 5.74) is 2.51. The van der Waals surface area contributed by atoms with E-state index in [1.165, 1.54) is 22.9 Å². The van der Waals surface area contributed by atoms with Crippen LogP contribution >= 0.6 is 0 Å². The first-order chi connectivity index (χ1) is 17.8. The van der Waals surface area contributed by atoms with Gasteiger partial charge in [-0.2, -0.15) is 18.3 Å². The lowest BCUT2D eigenvalue weighted by atomic mass is 10.0. The highest BCUT2D eigenvalue weighted by Gasteiger charge is 2.40. The Morgan fingerprint density at radius 2 is 1.86 bits per heavy atom. The van der Waals surface area contributed by atoms with Crippen molar-refractivity contribution in [1.29, 1.82) is 0 Å². The first-order valence-corrected chi connectivity index (χ1v) is 12.2. The van der Waals surface area contributed by atoms with Gasteiger partial charge in [-0.15, -0.1) is 5.10 Å². The first-order valence-electron chi connectivity index (χ1n) is 12.2. The number of ether oxygens (including phenoxy) is 1. The van der Waals surface area contributed by atoms with Crippen LogP contribution in [-0.2, 0) is 30.2 Å². The zero-order chi connectivity index (χ0) is 26.2. The van der Waals surface area contributed by atoms with Gasteiger partial charge in [-0.05, 0) is 37.3 Å². The number of esters is 1. The van der Waals surface area contributed by atoms with E-state index in [0.29, 0.717) is 19.6 Å². The van der Waals surface area contributed by atoms with Gasteiger partial charge in [-0.25, -0.2) is 14.8 Å². The monoisotopic (exact) mass is 512 g/mol. The van der Waals surface area contributed by atoms with Gasteiger partial charge in [0.2, 0.25) is 0 Å². The summed E-state index contributed by atoms with van der Waals surface area (Å²) in [6, 6.07) is 10.0. The number of nitrogens with zero attached hydrogens (tertiary/aromatic N) is 6. The van der Waals surface area contributed by atoms with Gasteiger partial charge in [0.05, 0.1) is 19.0 Å². The number of benzene rings is 1. The van der Waals surface area contributed by atoms with Gasteiger partial charge in [-0.1, -0.05) is 30.3 Å². The predicted octanol–water partition coefficient (Wildman–Crippen LogP) is 3.87. The third-order valence-electron chi connectivity index (χ3n) is 6.94. The molecule has 3 heterocycles. The van der Waals surface area contributed by atoms with Crippen molar-refractivity contribution in [2.24, 2.45) is 0 Å². The number of carbonyl (C=O) groups is 1. The molecule has 37 heavy (non-hydrogen) atoms. The molecule has 0 N–H and O–H groups in total. The van der Waals surface area contributed by atoms with E-state index < -0.39 is 23.5 Å². The molecule has 1 atom stereocenters. The zero-order valence-corrected chi connectivity index (χ0v) is 20.6. The van der Waals surface area contributed by atoms with Crippen molar-refractivity contribution in [2.45, 2.75) is 44.8 Å². The van der Waals surface area contributed by atoms with E-state index in [-0.39, 0.29) is 11.9 Å². The van der Waals surface area contributed by atoms with Gasteiger partial charge in [0.1, 0.15) is 5.82 Å². The number of methoxy groups -OCH3 is 1. The molecule has 0 saturated carbocycles. The maximum atomic E-state index is 13.6. The number of carbonyl (C=O) groups excluding carboxylic acids is 1. The molecule has 1 fully saturated rings. The second-order valence-electron chi connectivity index (χ2n) is 9.35. The van der Waals surface area contributed by atoms with Crippen LogP contribution in [0.3, 0.4) is 0 Å². The van der Waals surface area contributed by atoms with Gasteiger partial charge in [0.15, 0.2) is 17.2 Å². The lowest BCUT2D eigenvalue weighted by molar-refractivity contribution is -0.142. The fraction of sp³-hybridized carbons (Fsp3) is 0.423. The second-order valence-corrected chi connectivity index (χ2v) is 9.35. The van der Waals surface area contributed by atoms with Crippen LogP contribution in [0.5, 0.6) is 0 Å². The Morgan fingerprint density at radius 1 is 1.11 bits per heavy atom. The van der Waals surface area contributed by atoms with E-state index in [4.69, 9.17) is 0 Å². The molecular weight excluding hydrogens is 485 g/mol. The van der Waals surface area contributed by atoms with Crippen LogP contribution < -0.4 is 9.80 Å². The summed E-state index contributed by atoms with van der Waals surface area (Å²) in [4.78, 5) is 23.3. The van der Waals surface area contributed by atoms with Gasteiger partial charge >= 0.3 is 12.1 Å². The fourth-order valence-corrected chi connectivity index (χ4v) is 5.17. The maximum Gasteiger partial charge on any atom is 0.435 e. The second kappa shape index (κ2) is 9.95. The Kier molecular flexibility index (Phi) is 6.70. The normalized spacial score (nSPS) is 17.6. The predicted molar refractivity (Wildman–Crippen MR) is 131 cm³/mol. The Labute approximate surface area is 212 Å². The molecule has 11 heteroatoms. The van der Waals surface area contributed by atoms with E-state index in [0.717, 1.165) is 44.3 Å². The minimum atomic E-state index is -4.84. The minimum absolute atomic E-state index is 0.0710. The van der Waals surface area contributed by atoms with E-state index in [2.05, 4.69) is 41.9 Å². The highest BCUT2D eigenvalue weighted by Crippen LogP contribution is 2.35. The van der Waals surface area contributed by atoms with Crippen LogP contribution in [0.25, 0.3) is 0 Å². The molecule has 194 valence electrons. The zero-order valence-electron chi connectivity index (χ0n) is 20.6. The van der Waals surface area contributed by atoms with Crippen LogP contribution in [0.1, 0.15) is 51.9 Å². The first kappa shape index (κ1) is 24.9. The highest BCUT2D eigenvalue weighted by atomic mass is 19.4. The lowest BCUT2D eigenvalue weighted by Crippen LogP contribution is -2.53. The number of aromatic nitrogens is 4. The van der Waals surface area contributed by atoms with Crippen LogP contribution in [0.15, 0.2) is 36.5 Å². The Hall–Kier alpha value is -3.76. The van der Waals surface area contributed by atoms with Crippen molar-refractivity contribution in [3.8, 4) is 0 Å². The van der Waals surface area contributed by atoms with Crippen molar-refractivity contribution in [3.05, 3.63) is 70.3 Å². The molecule has 2 aromatic heterocycles. The number of piperazine rings is 1. The molecule has 0 unspecified atom stereocenters. The quantitative estimate of drug-likeness (QED) is 0.477. The summed E-state index contributed by atoms with van der Waals surface area (Å²) in [6.45, 7) is 3.44. The van der Waals surface area contributed by atoms with Crippen LogP contribution in [0.4, 0.5) is 24.8 Å². The molecule has 1 saturated heterocycles. The average molecular weight is 513 g/mol. The van der Waals surface area contributed by atoms with Crippen molar-refractivity contribution >= 4 is 17.6 Å². The number of anilines is 2. The molecule has 1 aliphatic carbocycles. The molecule has 2 aliphatic rings. The van der Waals surface area contributed by atoms with Gasteiger partial charge in [0, 0.05) is 37.7 Å². The third-order valence-corrected chi connectivity index (χ3v) is 6.94. The summed E-state index contributed by atoms with van der Waals surface area (Å²) in [5, 5.41) is 9.22. The summed E-state index contributed by atoms with van der Waals surface area (Å²) in [6.07, 6.45) is 0.0560. The summed E-state index contributed by atoms with van der Waals surface area (Å²) >= 11 is 0. The molecule has 1 aromatic carbocycles. The van der Waals surface area contributed by atoms with Gasteiger partial charge < -0.3 is 14.5 Å². The highest BCUT2D eigenvalue weighted by molar-refractivity contribution is 5.88. The SMILES string of the molecule is COC(=O)c1ncc(N2CCN(c3nnc(Cc4ccccc4)c4c3CCC4)C[C@H]2C)nc1C(F)(F)F. The molecule has 5 rings (SSSR count). The number of hydrogen-bond acceptors (Lipinski definition) is 8. The van der Waals surface area contributed by atoms with Crippen LogP contribution in [0, 0.1) is 0 Å². The molecule has 3 aromatic rings. The standard InChI is InChI=1S/C26H27F3N6O2/c1-16-15-34(11-12-35(16)21-14-30-22(25(36)37-2)23(31-21)26(27,28)29)24-19-10-6-9-18(19)20(32-33-24)13-17-7-4-3-5-8-17/h3-5,7-8,14,16H,6,9-13,15H2,1-2H3/t16-/m1/s1. The van der Waals surface area contributed by atoms with Crippen LogP contribution in [-0.4, -0.2) is 58.9 Å². The van der Waals surface area contributed by atoms with E-state index in [9.17, 15) is 18.0 Å². The van der Waals surface area contributed by atoms with Crippen molar-refractivity contribution in [3.63, 3.8) is 0 Å². The number of halogens is 3. The fourth-order valence-electron chi connectivity index (χ4n) is 5.17. The number of fused-ring (bicyclic) bond motifs is 1. The maximum absolute atomic E-state index is 13.6. The molecule has 1 aliphatic heterocycles. The third kappa shape index (κ3) is 4.94. The van der Waals surface area contributed by atoms with Gasteiger partial charge in [0.25, 0.3) is 0 Å². The molecular formula is C26H27F3N6O2. The average Bonchev–Trinajstić information content (AvgIpc) is 3.39. The molecule has 0 radical (unpaired) electrons. The Balaban J connectivity index is 1.37. The molecule has 0 amide bonds. The minimum Gasteiger partial charge on any atom is -0.464 e. The summed E-state index contributed by atoms with van der Waals surface area (Å²) < 4.78 is 45.3. The number of rotatable bonds is 5. The summed E-state index contributed by atoms with van der Waals surface area (Å²) in [7, 11) is 1.01. The topological polar surface area (TPSA) is 84.3 Å². The van der Waals surface area contributed by atoms with E-state index in [1.54, 1.807) is 4.90 Å². The van der Waals surface area contributed by atoms with Crippen molar-refractivity contribution in [2.75, 3.05) is 36.5 Å². The Morgan fingerprint density at radius 3 is 2.57 bits per heavy atom. The van der Waals surface area contributed by atoms with E-state index >= 15 is 0 Å². The van der Waals surface area contributed by atoms with Crippen molar-refractivity contribution in [1.82, 2.24) is 20.2 Å². The largest absolute Gasteiger partial charge is 0.464 e. The van der Waals surface area contributed by atoms with Crippen molar-refractivity contribution < 1.29 is 22.7 Å². The number of alkyl halides is 3. The van der Waals surface area contributed by atoms with Crippen LogP contribution in [0.2, 0.25) is 0 Å². The number of hydrogen-bond donors (Lipinski definition) is 0. The summed E-state index contributed by atoms with van der Waals surface area (Å²) in [5.74, 6) is -0.243. The molecule has 0 bridgehead atoms. The Bertz CT molecular complexity index is 1300. The molecule has 0 spiro atoms. The lowest BCUT2D eigenvalue weighted by Gasteiger charge is -2.41. The molecule has 8 nitrogen and oxygen atoms in total. The smallest absolute Gasteiger partial charge is 0.435 e.